The van der Waals surface area contributed by atoms with E-state index in [1.165, 1.54) is 0 Å². The number of rotatable bonds is 8. The minimum atomic E-state index is -0.332. The maximum absolute atomic E-state index is 12.0. The molecule has 0 heterocycles. The summed E-state index contributed by atoms with van der Waals surface area (Å²) in [5, 5.41) is 5.49. The Balaban J connectivity index is 1.73. The molecule has 0 saturated heterocycles. The molecule has 138 valence electrons. The van der Waals surface area contributed by atoms with Gasteiger partial charge >= 0.3 is 0 Å². The second-order valence-corrected chi connectivity index (χ2v) is 6.12. The molecule has 2 rings (SSSR count). The van der Waals surface area contributed by atoms with E-state index in [1.54, 1.807) is 7.11 Å². The van der Waals surface area contributed by atoms with Crippen molar-refractivity contribution in [1.29, 1.82) is 0 Å². The molecule has 2 N–H and O–H groups in total. The van der Waals surface area contributed by atoms with Crippen LogP contribution >= 0.6 is 0 Å². The van der Waals surface area contributed by atoms with Crippen LogP contribution in [0.5, 0.6) is 5.75 Å². The van der Waals surface area contributed by atoms with Crippen LogP contribution in [0.1, 0.15) is 12.0 Å². The molecule has 6 heteroatoms. The first-order valence-electron chi connectivity index (χ1n) is 8.45. The third kappa shape index (κ3) is 6.12. The van der Waals surface area contributed by atoms with Crippen molar-refractivity contribution in [3.63, 3.8) is 0 Å². The largest absolute Gasteiger partial charge is 0.497 e. The van der Waals surface area contributed by atoms with E-state index in [2.05, 4.69) is 10.6 Å². The smallest absolute Gasteiger partial charge is 0.233 e. The van der Waals surface area contributed by atoms with Crippen LogP contribution in [0.15, 0.2) is 48.5 Å². The Labute approximate surface area is 154 Å². The van der Waals surface area contributed by atoms with Crippen LogP contribution in [0.2, 0.25) is 0 Å². The highest BCUT2D eigenvalue weighted by molar-refractivity contribution is 6.03. The van der Waals surface area contributed by atoms with Crippen molar-refractivity contribution in [2.75, 3.05) is 38.0 Å². The molecule has 0 aliphatic rings. The number of amides is 2. The number of anilines is 2. The molecule has 0 spiro atoms. The molecule has 0 unspecified atom stereocenters. The lowest BCUT2D eigenvalue weighted by atomic mass is 10.1. The molecule has 2 amide bonds. The standard InChI is InChI=1S/C20H25N3O3/c1-23(2)17-9-7-16(8-10-17)22-20(25)14-19(24)21-12-11-15-5-4-6-18(13-15)26-3/h4-10,13H,11-12,14H2,1-3H3,(H,21,24)(H,22,25). The summed E-state index contributed by atoms with van der Waals surface area (Å²) in [6.07, 6.45) is 0.476. The van der Waals surface area contributed by atoms with Crippen LogP contribution in [0.4, 0.5) is 11.4 Å². The molecule has 0 fully saturated rings. The number of nitrogens with one attached hydrogen (secondary N) is 2. The van der Waals surface area contributed by atoms with Crippen LogP contribution in [0.3, 0.4) is 0 Å². The Morgan fingerprint density at radius 2 is 1.77 bits per heavy atom. The van der Waals surface area contributed by atoms with Gasteiger partial charge < -0.3 is 20.3 Å². The van der Waals surface area contributed by atoms with Crippen molar-refractivity contribution in [2.45, 2.75) is 12.8 Å². The lowest BCUT2D eigenvalue weighted by molar-refractivity contribution is -0.126. The van der Waals surface area contributed by atoms with Crippen molar-refractivity contribution >= 4 is 23.2 Å². The molecule has 0 saturated carbocycles. The van der Waals surface area contributed by atoms with Gasteiger partial charge in [0.2, 0.25) is 11.8 Å². The van der Waals surface area contributed by atoms with Crippen LogP contribution in [0.25, 0.3) is 0 Å². The van der Waals surface area contributed by atoms with E-state index in [-0.39, 0.29) is 18.2 Å². The summed E-state index contributed by atoms with van der Waals surface area (Å²) in [5.41, 5.74) is 2.78. The molecular formula is C20H25N3O3. The fourth-order valence-corrected chi connectivity index (χ4v) is 2.43. The average molecular weight is 355 g/mol. The second-order valence-electron chi connectivity index (χ2n) is 6.12. The quantitative estimate of drug-likeness (QED) is 0.714. The zero-order valence-corrected chi connectivity index (χ0v) is 15.4. The van der Waals surface area contributed by atoms with Crippen molar-refractivity contribution in [3.8, 4) is 5.75 Å². The summed E-state index contributed by atoms with van der Waals surface area (Å²) in [4.78, 5) is 25.8. The van der Waals surface area contributed by atoms with Crippen molar-refractivity contribution < 1.29 is 14.3 Å². The Hall–Kier alpha value is -3.02. The van der Waals surface area contributed by atoms with E-state index >= 15 is 0 Å². The zero-order chi connectivity index (χ0) is 18.9. The number of carbonyl (C=O) groups excluding carboxylic acids is 2. The number of carbonyl (C=O) groups is 2. The van der Waals surface area contributed by atoms with Gasteiger partial charge in [0.15, 0.2) is 0 Å². The van der Waals surface area contributed by atoms with Crippen LogP contribution < -0.4 is 20.3 Å². The van der Waals surface area contributed by atoms with Crippen LogP contribution in [0, 0.1) is 0 Å². The Morgan fingerprint density at radius 3 is 2.42 bits per heavy atom. The Bertz CT molecular complexity index is 742. The van der Waals surface area contributed by atoms with E-state index in [9.17, 15) is 9.59 Å². The summed E-state index contributed by atoms with van der Waals surface area (Å²) in [5.74, 6) is 0.158. The topological polar surface area (TPSA) is 70.7 Å². The molecule has 0 radical (unpaired) electrons. The summed E-state index contributed by atoms with van der Waals surface area (Å²) in [6.45, 7) is 0.469. The fraction of sp³-hybridized carbons (Fsp3) is 0.300. The first-order chi connectivity index (χ1) is 12.5. The molecule has 0 aliphatic heterocycles. The van der Waals surface area contributed by atoms with Gasteiger partial charge in [-0.25, -0.2) is 0 Å². The second kappa shape index (κ2) is 9.46. The molecule has 2 aromatic rings. The third-order valence-electron chi connectivity index (χ3n) is 3.86. The Morgan fingerprint density at radius 1 is 1.04 bits per heavy atom. The fourth-order valence-electron chi connectivity index (χ4n) is 2.43. The normalized spacial score (nSPS) is 10.1. The van der Waals surface area contributed by atoms with E-state index < -0.39 is 0 Å². The summed E-state index contributed by atoms with van der Waals surface area (Å²) in [6, 6.07) is 15.1. The third-order valence-corrected chi connectivity index (χ3v) is 3.86. The lowest BCUT2D eigenvalue weighted by Crippen LogP contribution is -2.29. The van der Waals surface area contributed by atoms with Gasteiger partial charge in [-0.2, -0.15) is 0 Å². The lowest BCUT2D eigenvalue weighted by Gasteiger charge is -2.13. The van der Waals surface area contributed by atoms with Gasteiger partial charge in [0, 0.05) is 32.0 Å². The van der Waals surface area contributed by atoms with Gasteiger partial charge in [-0.15, -0.1) is 0 Å². The number of hydrogen-bond acceptors (Lipinski definition) is 4. The molecule has 0 bridgehead atoms. The predicted molar refractivity (Wildman–Crippen MR) is 104 cm³/mol. The van der Waals surface area contributed by atoms with E-state index in [4.69, 9.17) is 4.74 Å². The zero-order valence-electron chi connectivity index (χ0n) is 15.4. The average Bonchev–Trinajstić information content (AvgIpc) is 2.62. The van der Waals surface area contributed by atoms with Gasteiger partial charge in [0.05, 0.1) is 7.11 Å². The maximum Gasteiger partial charge on any atom is 0.233 e. The van der Waals surface area contributed by atoms with Gasteiger partial charge in [0.1, 0.15) is 12.2 Å². The van der Waals surface area contributed by atoms with E-state index in [0.29, 0.717) is 18.7 Å². The van der Waals surface area contributed by atoms with Crippen LogP contribution in [-0.2, 0) is 16.0 Å². The van der Waals surface area contributed by atoms with Crippen molar-refractivity contribution in [3.05, 3.63) is 54.1 Å². The SMILES string of the molecule is COc1cccc(CCNC(=O)CC(=O)Nc2ccc(N(C)C)cc2)c1. The Kier molecular flexibility index (Phi) is 7.02. The summed E-state index contributed by atoms with van der Waals surface area (Å²) >= 11 is 0. The highest BCUT2D eigenvalue weighted by Crippen LogP contribution is 2.16. The minimum absolute atomic E-state index is 0.201. The number of hydrogen-bond donors (Lipinski definition) is 2. The molecule has 26 heavy (non-hydrogen) atoms. The molecule has 6 nitrogen and oxygen atoms in total. The first-order valence-corrected chi connectivity index (χ1v) is 8.45. The highest BCUT2D eigenvalue weighted by atomic mass is 16.5. The highest BCUT2D eigenvalue weighted by Gasteiger charge is 2.09. The van der Waals surface area contributed by atoms with E-state index in [1.807, 2.05) is 67.5 Å². The maximum atomic E-state index is 12.0. The monoisotopic (exact) mass is 355 g/mol. The molecular weight excluding hydrogens is 330 g/mol. The molecule has 0 atom stereocenters. The van der Waals surface area contributed by atoms with Gasteiger partial charge in [-0.05, 0) is 48.4 Å². The van der Waals surface area contributed by atoms with Crippen molar-refractivity contribution in [1.82, 2.24) is 5.32 Å². The summed E-state index contributed by atoms with van der Waals surface area (Å²) < 4.78 is 5.17. The van der Waals surface area contributed by atoms with Gasteiger partial charge in [0.25, 0.3) is 0 Å². The number of benzene rings is 2. The molecule has 2 aromatic carbocycles. The molecule has 0 aromatic heterocycles. The summed E-state index contributed by atoms with van der Waals surface area (Å²) in [7, 11) is 5.51. The number of methoxy groups -OCH3 is 1. The van der Waals surface area contributed by atoms with Crippen molar-refractivity contribution in [2.24, 2.45) is 0 Å². The predicted octanol–water partition coefficient (Wildman–Crippen LogP) is 2.45. The number of ether oxygens (including phenoxy) is 1. The minimum Gasteiger partial charge on any atom is -0.497 e. The van der Waals surface area contributed by atoms with E-state index in [0.717, 1.165) is 17.0 Å². The van der Waals surface area contributed by atoms with Gasteiger partial charge in [-0.3, -0.25) is 9.59 Å². The number of nitrogens with zero attached hydrogens (tertiary/aromatic N) is 1. The van der Waals surface area contributed by atoms with Crippen LogP contribution in [-0.4, -0.2) is 39.6 Å². The van der Waals surface area contributed by atoms with Gasteiger partial charge in [-0.1, -0.05) is 12.1 Å². The first kappa shape index (κ1) is 19.3. The molecule has 0 aliphatic carbocycles.